The number of amides is 1. The SMILES string of the molecule is O=C1CCCN1C1CCC(CN(c2ccccc2)c2nc(NCc3ccccc3OC(F)(F)F)ncc2[N+](=O)[O-])CC1. The quantitative estimate of drug-likeness (QED) is 0.221. The fraction of sp³-hybridized carbons (Fsp3) is 0.414. The third-order valence-corrected chi connectivity index (χ3v) is 7.71. The van der Waals surface area contributed by atoms with Gasteiger partial charge in [-0.05, 0) is 56.2 Å². The summed E-state index contributed by atoms with van der Waals surface area (Å²) < 4.78 is 42.7. The lowest BCUT2D eigenvalue weighted by Gasteiger charge is -2.36. The lowest BCUT2D eigenvalue weighted by atomic mass is 9.85. The number of benzene rings is 2. The number of aromatic nitrogens is 2. The van der Waals surface area contributed by atoms with Gasteiger partial charge in [0.25, 0.3) is 0 Å². The Morgan fingerprint density at radius 3 is 2.45 bits per heavy atom. The van der Waals surface area contributed by atoms with Crippen LogP contribution in [0.25, 0.3) is 0 Å². The van der Waals surface area contributed by atoms with Crippen molar-refractivity contribution >= 4 is 29.0 Å². The second kappa shape index (κ2) is 12.6. The number of anilines is 3. The highest BCUT2D eigenvalue weighted by Crippen LogP contribution is 2.37. The Morgan fingerprint density at radius 1 is 1.07 bits per heavy atom. The Balaban J connectivity index is 1.38. The maximum Gasteiger partial charge on any atom is 0.573 e. The molecule has 1 saturated carbocycles. The summed E-state index contributed by atoms with van der Waals surface area (Å²) in [6.07, 6.45) is 1.22. The first-order valence-corrected chi connectivity index (χ1v) is 13.9. The van der Waals surface area contributed by atoms with Crippen LogP contribution in [-0.2, 0) is 11.3 Å². The molecule has 2 aliphatic rings. The molecule has 42 heavy (non-hydrogen) atoms. The van der Waals surface area contributed by atoms with Crippen molar-refractivity contribution in [3.8, 4) is 5.75 Å². The van der Waals surface area contributed by atoms with Crippen LogP contribution in [0.3, 0.4) is 0 Å². The Bertz CT molecular complexity index is 1400. The Hall–Kier alpha value is -4.42. The maximum absolute atomic E-state index is 12.9. The fourth-order valence-electron chi connectivity index (χ4n) is 5.70. The zero-order valence-corrected chi connectivity index (χ0v) is 22.8. The molecule has 1 N–H and O–H groups in total. The average Bonchev–Trinajstić information content (AvgIpc) is 3.41. The summed E-state index contributed by atoms with van der Waals surface area (Å²) >= 11 is 0. The van der Waals surface area contributed by atoms with Crippen molar-refractivity contribution in [1.29, 1.82) is 0 Å². The Labute approximate surface area is 240 Å². The summed E-state index contributed by atoms with van der Waals surface area (Å²) in [6, 6.07) is 15.1. The molecule has 1 aliphatic carbocycles. The van der Waals surface area contributed by atoms with Crippen LogP contribution in [0.4, 0.5) is 36.3 Å². The number of carbonyl (C=O) groups excluding carboxylic acids is 1. The highest BCUT2D eigenvalue weighted by Gasteiger charge is 2.34. The van der Waals surface area contributed by atoms with E-state index >= 15 is 0 Å². The Kier molecular flexibility index (Phi) is 8.74. The van der Waals surface area contributed by atoms with Gasteiger partial charge in [0.05, 0.1) is 4.92 Å². The van der Waals surface area contributed by atoms with E-state index in [0.29, 0.717) is 18.7 Å². The van der Waals surface area contributed by atoms with Crippen LogP contribution in [0.2, 0.25) is 0 Å². The third-order valence-electron chi connectivity index (χ3n) is 7.71. The van der Waals surface area contributed by atoms with E-state index in [1.165, 1.54) is 18.2 Å². The normalized spacial score (nSPS) is 19.0. The van der Waals surface area contributed by atoms with Gasteiger partial charge in [-0.2, -0.15) is 4.98 Å². The topological polar surface area (TPSA) is 114 Å². The number of ether oxygens (including phenoxy) is 1. The first-order chi connectivity index (χ1) is 20.2. The average molecular weight is 585 g/mol. The molecule has 5 rings (SSSR count). The lowest BCUT2D eigenvalue weighted by molar-refractivity contribution is -0.384. The van der Waals surface area contributed by atoms with Crippen LogP contribution in [0, 0.1) is 16.0 Å². The minimum Gasteiger partial charge on any atom is -0.405 e. The summed E-state index contributed by atoms with van der Waals surface area (Å²) in [5, 5.41) is 14.9. The zero-order valence-electron chi connectivity index (χ0n) is 22.8. The maximum atomic E-state index is 12.9. The molecular weight excluding hydrogens is 553 g/mol. The van der Waals surface area contributed by atoms with Crippen LogP contribution in [0.5, 0.6) is 5.75 Å². The van der Waals surface area contributed by atoms with Crippen LogP contribution < -0.4 is 15.0 Å². The van der Waals surface area contributed by atoms with Gasteiger partial charge >= 0.3 is 12.0 Å². The molecule has 2 fully saturated rings. The lowest BCUT2D eigenvalue weighted by Crippen LogP contribution is -2.40. The van der Waals surface area contributed by atoms with Gasteiger partial charge in [0.1, 0.15) is 11.9 Å². The van der Waals surface area contributed by atoms with Crippen molar-refractivity contribution in [3.05, 3.63) is 76.5 Å². The highest BCUT2D eigenvalue weighted by atomic mass is 19.4. The van der Waals surface area contributed by atoms with Gasteiger partial charge in [-0.25, -0.2) is 4.98 Å². The van der Waals surface area contributed by atoms with E-state index in [1.807, 2.05) is 35.2 Å². The van der Waals surface area contributed by atoms with Crippen molar-refractivity contribution in [2.75, 3.05) is 23.3 Å². The van der Waals surface area contributed by atoms with Crippen LogP contribution in [0.1, 0.15) is 44.1 Å². The van der Waals surface area contributed by atoms with E-state index in [0.717, 1.165) is 44.8 Å². The molecule has 2 aromatic carbocycles. The number of rotatable bonds is 10. The highest BCUT2D eigenvalue weighted by molar-refractivity contribution is 5.78. The first kappa shape index (κ1) is 29.1. The molecule has 1 amide bonds. The number of nitrogens with zero attached hydrogens (tertiary/aromatic N) is 5. The van der Waals surface area contributed by atoms with Gasteiger partial charge in [0.15, 0.2) is 0 Å². The third kappa shape index (κ3) is 7.07. The number of carbonyl (C=O) groups is 1. The van der Waals surface area contributed by atoms with E-state index in [1.54, 1.807) is 11.0 Å². The molecule has 0 unspecified atom stereocenters. The van der Waals surface area contributed by atoms with Gasteiger partial charge in [-0.1, -0.05) is 36.4 Å². The second-order valence-electron chi connectivity index (χ2n) is 10.5. The predicted octanol–water partition coefficient (Wildman–Crippen LogP) is 6.21. The molecule has 13 heteroatoms. The van der Waals surface area contributed by atoms with Crippen LogP contribution in [-0.4, -0.2) is 51.2 Å². The first-order valence-electron chi connectivity index (χ1n) is 13.9. The van der Waals surface area contributed by atoms with Gasteiger partial charge in [-0.15, -0.1) is 13.2 Å². The molecule has 0 spiro atoms. The molecule has 2 heterocycles. The molecule has 222 valence electrons. The molecular formula is C29H31F3N6O4. The van der Waals surface area contributed by atoms with E-state index in [9.17, 15) is 28.1 Å². The summed E-state index contributed by atoms with van der Waals surface area (Å²) in [5.41, 5.74) is 0.638. The molecule has 0 atom stereocenters. The van der Waals surface area contributed by atoms with Crippen molar-refractivity contribution in [3.63, 3.8) is 0 Å². The van der Waals surface area contributed by atoms with Crippen LogP contribution >= 0.6 is 0 Å². The van der Waals surface area contributed by atoms with Gasteiger partial charge in [0.2, 0.25) is 17.7 Å². The minimum atomic E-state index is -4.85. The number of alkyl halides is 3. The number of para-hydroxylation sites is 2. The molecule has 3 aromatic rings. The van der Waals surface area contributed by atoms with E-state index < -0.39 is 11.3 Å². The number of hydrogen-bond donors (Lipinski definition) is 1. The van der Waals surface area contributed by atoms with E-state index in [4.69, 9.17) is 0 Å². The summed E-state index contributed by atoms with van der Waals surface area (Å²) in [7, 11) is 0. The monoisotopic (exact) mass is 584 g/mol. The summed E-state index contributed by atoms with van der Waals surface area (Å²) in [5.74, 6) is 0.164. The van der Waals surface area contributed by atoms with E-state index in [-0.39, 0.29) is 53.2 Å². The van der Waals surface area contributed by atoms with Crippen molar-refractivity contribution in [1.82, 2.24) is 14.9 Å². The molecule has 0 radical (unpaired) electrons. The summed E-state index contributed by atoms with van der Waals surface area (Å²) in [6.45, 7) is 1.17. The van der Waals surface area contributed by atoms with Crippen LogP contribution in [0.15, 0.2) is 60.8 Å². The van der Waals surface area contributed by atoms with E-state index in [2.05, 4.69) is 20.0 Å². The fourth-order valence-corrected chi connectivity index (χ4v) is 5.70. The number of halogens is 3. The number of likely N-dealkylation sites (tertiary alicyclic amines) is 1. The van der Waals surface area contributed by atoms with Gasteiger partial charge < -0.3 is 19.9 Å². The molecule has 1 saturated heterocycles. The van der Waals surface area contributed by atoms with Gasteiger partial charge in [-0.3, -0.25) is 14.9 Å². The standard InChI is InChI=1S/C29H31F3N6O4/c30-29(31,32)42-25-10-5-4-7-21(25)17-33-28-34-18-24(38(40)41)27(35-28)37(22-8-2-1-3-9-22)19-20-12-14-23(15-13-20)36-16-6-11-26(36)39/h1-5,7-10,18,20,23H,6,11-17,19H2,(H,33,34,35). The summed E-state index contributed by atoms with van der Waals surface area (Å²) in [4.78, 5) is 36.1. The smallest absolute Gasteiger partial charge is 0.405 e. The van der Waals surface area contributed by atoms with Gasteiger partial charge in [0, 0.05) is 43.3 Å². The number of hydrogen-bond acceptors (Lipinski definition) is 8. The second-order valence-corrected chi connectivity index (χ2v) is 10.5. The number of nitro groups is 1. The number of nitrogens with one attached hydrogen (secondary N) is 1. The molecule has 1 aromatic heterocycles. The minimum absolute atomic E-state index is 0.0228. The largest absolute Gasteiger partial charge is 0.573 e. The molecule has 1 aliphatic heterocycles. The Morgan fingerprint density at radius 2 is 1.79 bits per heavy atom. The van der Waals surface area contributed by atoms with Crippen molar-refractivity contribution < 1.29 is 27.6 Å². The zero-order chi connectivity index (χ0) is 29.7. The van der Waals surface area contributed by atoms with Crippen molar-refractivity contribution in [2.24, 2.45) is 5.92 Å². The predicted molar refractivity (Wildman–Crippen MR) is 149 cm³/mol. The molecule has 0 bridgehead atoms. The molecule has 10 nitrogen and oxygen atoms in total. The van der Waals surface area contributed by atoms with Crippen molar-refractivity contribution in [2.45, 2.75) is 57.5 Å².